The summed E-state index contributed by atoms with van der Waals surface area (Å²) in [7, 11) is 0. The van der Waals surface area contributed by atoms with Crippen LogP contribution in [-0.4, -0.2) is 29.7 Å². The van der Waals surface area contributed by atoms with Crippen LogP contribution in [0.15, 0.2) is 47.3 Å². The second-order valence-corrected chi connectivity index (χ2v) is 7.69. The summed E-state index contributed by atoms with van der Waals surface area (Å²) in [6.45, 7) is 3.42. The number of allylic oxidation sites excluding steroid dienone is 3. The number of nitrogens with one attached hydrogen (secondary N) is 1. The first-order valence-corrected chi connectivity index (χ1v) is 9.81. The molecule has 0 bridgehead atoms. The van der Waals surface area contributed by atoms with Crippen molar-refractivity contribution in [2.45, 2.75) is 44.9 Å². The summed E-state index contributed by atoms with van der Waals surface area (Å²) in [4.78, 5) is 28.2. The van der Waals surface area contributed by atoms with Crippen molar-refractivity contribution in [1.82, 2.24) is 10.2 Å². The van der Waals surface area contributed by atoms with E-state index in [2.05, 4.69) is 11.4 Å². The summed E-state index contributed by atoms with van der Waals surface area (Å²) in [5.41, 5.74) is 3.16. The third-order valence-electron chi connectivity index (χ3n) is 5.92. The van der Waals surface area contributed by atoms with Gasteiger partial charge in [-0.05, 0) is 50.3 Å². The largest absolute Gasteiger partial charge is 0.362 e. The molecule has 3 aliphatic rings. The number of carbonyl (C=O) groups is 2. The van der Waals surface area contributed by atoms with Gasteiger partial charge in [-0.25, -0.2) is 4.39 Å². The van der Waals surface area contributed by atoms with Crippen LogP contribution in [0.3, 0.4) is 0 Å². The number of Topliss-reactive ketones (excluding diaryl/α,β-unsaturated/α-hetero) is 1. The molecule has 2 aliphatic heterocycles. The smallest absolute Gasteiger partial charge is 0.252 e. The van der Waals surface area contributed by atoms with Gasteiger partial charge in [0.05, 0.1) is 5.92 Å². The Morgan fingerprint density at radius 3 is 2.52 bits per heavy atom. The highest BCUT2D eigenvalue weighted by Gasteiger charge is 2.43. The molecule has 1 fully saturated rings. The highest BCUT2D eigenvalue weighted by atomic mass is 19.1. The van der Waals surface area contributed by atoms with E-state index in [0.717, 1.165) is 55.7 Å². The van der Waals surface area contributed by atoms with Crippen LogP contribution in [0.4, 0.5) is 4.39 Å². The topological polar surface area (TPSA) is 49.4 Å². The lowest BCUT2D eigenvalue weighted by molar-refractivity contribution is -0.129. The van der Waals surface area contributed by atoms with Crippen molar-refractivity contribution in [3.8, 4) is 0 Å². The third-order valence-corrected chi connectivity index (χ3v) is 5.92. The number of ketones is 1. The highest BCUT2D eigenvalue weighted by Crippen LogP contribution is 2.44. The van der Waals surface area contributed by atoms with Gasteiger partial charge in [0.2, 0.25) is 0 Å². The molecule has 0 saturated carbocycles. The Balaban J connectivity index is 1.81. The van der Waals surface area contributed by atoms with E-state index >= 15 is 0 Å². The van der Waals surface area contributed by atoms with Gasteiger partial charge in [0, 0.05) is 42.4 Å². The molecule has 1 N–H and O–H groups in total. The predicted octanol–water partition coefficient (Wildman–Crippen LogP) is 3.66. The van der Waals surface area contributed by atoms with Crippen LogP contribution in [0.1, 0.15) is 50.5 Å². The molecule has 2 unspecified atom stereocenters. The van der Waals surface area contributed by atoms with E-state index in [-0.39, 0.29) is 23.4 Å². The van der Waals surface area contributed by atoms with E-state index in [1.807, 2.05) is 11.8 Å². The van der Waals surface area contributed by atoms with Gasteiger partial charge >= 0.3 is 0 Å². The quantitative estimate of drug-likeness (QED) is 0.867. The zero-order chi connectivity index (χ0) is 19.0. The number of hydrogen-bond acceptors (Lipinski definition) is 3. The first kappa shape index (κ1) is 18.0. The standard InChI is InChI=1S/C22H25FN2O2/c1-14-19(22(27)25-12-3-2-4-13-25)20(15-8-10-16(23)11-9-15)21-17(24-14)6-5-7-18(21)26/h6,8-11,20-21,24H,2-5,7,12-13H2,1H3. The molecule has 0 spiro atoms. The Bertz CT molecular complexity index is 819. The Morgan fingerprint density at radius 1 is 1.11 bits per heavy atom. The average molecular weight is 368 g/mol. The van der Waals surface area contributed by atoms with Crippen LogP contribution in [0.2, 0.25) is 0 Å². The van der Waals surface area contributed by atoms with Crippen molar-refractivity contribution in [3.05, 3.63) is 58.7 Å². The van der Waals surface area contributed by atoms with E-state index < -0.39 is 5.92 Å². The van der Waals surface area contributed by atoms with Crippen LogP contribution in [0, 0.1) is 11.7 Å². The molecule has 0 aromatic heterocycles. The van der Waals surface area contributed by atoms with Crippen molar-refractivity contribution < 1.29 is 14.0 Å². The van der Waals surface area contributed by atoms with Gasteiger partial charge in [-0.3, -0.25) is 9.59 Å². The van der Waals surface area contributed by atoms with Crippen LogP contribution >= 0.6 is 0 Å². The zero-order valence-electron chi connectivity index (χ0n) is 15.6. The zero-order valence-corrected chi connectivity index (χ0v) is 15.6. The number of fused-ring (bicyclic) bond motifs is 1. The molecular formula is C22H25FN2O2. The molecule has 27 heavy (non-hydrogen) atoms. The normalized spacial score (nSPS) is 25.6. The van der Waals surface area contributed by atoms with Gasteiger partial charge in [-0.15, -0.1) is 0 Å². The van der Waals surface area contributed by atoms with E-state index in [1.165, 1.54) is 12.1 Å². The molecule has 142 valence electrons. The van der Waals surface area contributed by atoms with Crippen molar-refractivity contribution in [2.24, 2.45) is 5.92 Å². The fourth-order valence-corrected chi connectivity index (χ4v) is 4.59. The maximum Gasteiger partial charge on any atom is 0.252 e. The van der Waals surface area contributed by atoms with Gasteiger partial charge in [-0.2, -0.15) is 0 Å². The Hall–Kier alpha value is -2.43. The van der Waals surface area contributed by atoms with E-state index in [0.29, 0.717) is 12.0 Å². The lowest BCUT2D eigenvalue weighted by Gasteiger charge is -2.40. The minimum Gasteiger partial charge on any atom is -0.362 e. The maximum absolute atomic E-state index is 13.5. The number of piperidine rings is 1. The molecule has 1 saturated heterocycles. The number of nitrogens with zero attached hydrogens (tertiary/aromatic N) is 1. The van der Waals surface area contributed by atoms with Gasteiger partial charge in [0.25, 0.3) is 5.91 Å². The number of amides is 1. The van der Waals surface area contributed by atoms with Crippen LogP contribution in [0.25, 0.3) is 0 Å². The Labute approximate surface area is 159 Å². The second-order valence-electron chi connectivity index (χ2n) is 7.69. The van der Waals surface area contributed by atoms with Gasteiger partial charge in [-0.1, -0.05) is 18.2 Å². The molecule has 1 aliphatic carbocycles. The molecule has 4 nitrogen and oxygen atoms in total. The average Bonchev–Trinajstić information content (AvgIpc) is 2.68. The summed E-state index contributed by atoms with van der Waals surface area (Å²) in [5, 5.41) is 3.33. The lowest BCUT2D eigenvalue weighted by atomic mass is 9.70. The van der Waals surface area contributed by atoms with Crippen molar-refractivity contribution in [1.29, 1.82) is 0 Å². The predicted molar refractivity (Wildman–Crippen MR) is 101 cm³/mol. The van der Waals surface area contributed by atoms with Crippen LogP contribution < -0.4 is 5.32 Å². The van der Waals surface area contributed by atoms with Crippen molar-refractivity contribution >= 4 is 11.7 Å². The van der Waals surface area contributed by atoms with Gasteiger partial charge < -0.3 is 10.2 Å². The highest BCUT2D eigenvalue weighted by molar-refractivity contribution is 5.99. The molecule has 5 heteroatoms. The minimum absolute atomic E-state index is 0.00597. The lowest BCUT2D eigenvalue weighted by Crippen LogP contribution is -2.45. The number of benzene rings is 1. The van der Waals surface area contributed by atoms with Crippen molar-refractivity contribution in [2.75, 3.05) is 13.1 Å². The summed E-state index contributed by atoms with van der Waals surface area (Å²) >= 11 is 0. The molecule has 1 amide bonds. The molecule has 1 aromatic rings. The summed E-state index contributed by atoms with van der Waals surface area (Å²) in [6.07, 6.45) is 6.44. The van der Waals surface area contributed by atoms with E-state index in [1.54, 1.807) is 12.1 Å². The number of hydrogen-bond donors (Lipinski definition) is 1. The second kappa shape index (κ2) is 7.29. The minimum atomic E-state index is -0.392. The first-order chi connectivity index (χ1) is 13.1. The number of likely N-dealkylation sites (tertiary alicyclic amines) is 1. The molecular weight excluding hydrogens is 343 g/mol. The monoisotopic (exact) mass is 368 g/mol. The fourth-order valence-electron chi connectivity index (χ4n) is 4.59. The SMILES string of the molecule is CC1=C(C(=O)N2CCCCC2)C(c2ccc(F)cc2)C2C(=O)CCC=C2N1. The van der Waals surface area contributed by atoms with Gasteiger partial charge in [0.1, 0.15) is 11.6 Å². The molecule has 1 aromatic carbocycles. The molecule has 4 rings (SSSR count). The summed E-state index contributed by atoms with van der Waals surface area (Å²) in [5.74, 6) is -0.919. The van der Waals surface area contributed by atoms with Crippen molar-refractivity contribution in [3.63, 3.8) is 0 Å². The molecule has 2 atom stereocenters. The van der Waals surface area contributed by atoms with Crippen LogP contribution in [0.5, 0.6) is 0 Å². The van der Waals surface area contributed by atoms with Gasteiger partial charge in [0.15, 0.2) is 0 Å². The molecule has 2 heterocycles. The Morgan fingerprint density at radius 2 is 1.81 bits per heavy atom. The summed E-state index contributed by atoms with van der Waals surface area (Å²) < 4.78 is 13.5. The maximum atomic E-state index is 13.5. The summed E-state index contributed by atoms with van der Waals surface area (Å²) in [6, 6.07) is 6.24. The number of rotatable bonds is 2. The third kappa shape index (κ3) is 3.31. The van der Waals surface area contributed by atoms with Crippen LogP contribution in [-0.2, 0) is 9.59 Å². The number of halogens is 1. The van der Waals surface area contributed by atoms with E-state index in [9.17, 15) is 14.0 Å². The van der Waals surface area contributed by atoms with E-state index in [4.69, 9.17) is 0 Å². The number of carbonyl (C=O) groups excluding carboxylic acids is 2. The molecule has 0 radical (unpaired) electrons. The fraction of sp³-hybridized carbons (Fsp3) is 0.455. The Kier molecular flexibility index (Phi) is 4.85. The first-order valence-electron chi connectivity index (χ1n) is 9.81.